The molecule has 6 nitrogen and oxygen atoms in total. The minimum atomic E-state index is -0.820. The van der Waals surface area contributed by atoms with E-state index in [4.69, 9.17) is 5.11 Å². The van der Waals surface area contributed by atoms with Crippen LogP contribution in [0.25, 0.3) is 0 Å². The first-order valence-electron chi connectivity index (χ1n) is 6.35. The number of aliphatic carboxylic acids is 1. The summed E-state index contributed by atoms with van der Waals surface area (Å²) in [5.74, 6) is -1.26. The highest BCUT2D eigenvalue weighted by Gasteiger charge is 2.33. The van der Waals surface area contributed by atoms with E-state index in [0.717, 1.165) is 12.8 Å². The maximum Gasteiger partial charge on any atom is 0.315 e. The van der Waals surface area contributed by atoms with E-state index in [9.17, 15) is 9.59 Å². The summed E-state index contributed by atoms with van der Waals surface area (Å²) < 4.78 is 0. The van der Waals surface area contributed by atoms with Crippen molar-refractivity contribution in [3.8, 4) is 0 Å². The van der Waals surface area contributed by atoms with Crippen LogP contribution in [0.2, 0.25) is 0 Å². The Balaban J connectivity index is 2.34. The van der Waals surface area contributed by atoms with Crippen LogP contribution in [0.15, 0.2) is 0 Å². The number of nitrogens with zero attached hydrogens (tertiary/aromatic N) is 1. The molecule has 3 atom stereocenters. The second-order valence-corrected chi connectivity index (χ2v) is 5.15. The summed E-state index contributed by atoms with van der Waals surface area (Å²) in [5, 5.41) is 14.5. The number of urea groups is 1. The topological polar surface area (TPSA) is 81.7 Å². The Bertz CT molecular complexity index is 307. The van der Waals surface area contributed by atoms with E-state index in [1.165, 1.54) is 0 Å². The molecule has 0 bridgehead atoms. The van der Waals surface area contributed by atoms with Crippen LogP contribution in [0, 0.1) is 5.92 Å². The van der Waals surface area contributed by atoms with Gasteiger partial charge in [0.25, 0.3) is 0 Å². The van der Waals surface area contributed by atoms with Crippen LogP contribution in [0.3, 0.4) is 0 Å². The summed E-state index contributed by atoms with van der Waals surface area (Å²) in [4.78, 5) is 24.6. The fourth-order valence-corrected chi connectivity index (χ4v) is 2.07. The maximum atomic E-state index is 11.7. The van der Waals surface area contributed by atoms with E-state index < -0.39 is 11.9 Å². The largest absolute Gasteiger partial charge is 0.481 e. The van der Waals surface area contributed by atoms with Gasteiger partial charge < -0.3 is 20.6 Å². The smallest absolute Gasteiger partial charge is 0.315 e. The summed E-state index contributed by atoms with van der Waals surface area (Å²) in [5.41, 5.74) is 0. The molecule has 1 fully saturated rings. The zero-order chi connectivity index (χ0) is 13.7. The zero-order valence-corrected chi connectivity index (χ0v) is 11.3. The Morgan fingerprint density at radius 2 is 2.06 bits per heavy atom. The van der Waals surface area contributed by atoms with Gasteiger partial charge in [-0.2, -0.15) is 0 Å². The van der Waals surface area contributed by atoms with Crippen LogP contribution >= 0.6 is 0 Å². The van der Waals surface area contributed by atoms with E-state index in [1.807, 2.05) is 25.9 Å². The summed E-state index contributed by atoms with van der Waals surface area (Å²) in [6.07, 6.45) is 2.25. The van der Waals surface area contributed by atoms with E-state index >= 15 is 0 Å². The molecule has 0 heterocycles. The molecule has 0 saturated heterocycles. The van der Waals surface area contributed by atoms with Gasteiger partial charge in [0.1, 0.15) is 0 Å². The Kier molecular flexibility index (Phi) is 5.40. The number of amides is 2. The van der Waals surface area contributed by atoms with Gasteiger partial charge in [-0.25, -0.2) is 4.79 Å². The van der Waals surface area contributed by atoms with Gasteiger partial charge in [-0.15, -0.1) is 0 Å². The van der Waals surface area contributed by atoms with Crippen LogP contribution in [0.4, 0.5) is 4.79 Å². The van der Waals surface area contributed by atoms with Gasteiger partial charge in [-0.1, -0.05) is 6.42 Å². The molecular weight excluding hydrogens is 234 g/mol. The molecule has 6 heteroatoms. The highest BCUT2D eigenvalue weighted by Crippen LogP contribution is 2.25. The molecule has 1 rings (SSSR count). The van der Waals surface area contributed by atoms with Crippen molar-refractivity contribution in [2.75, 3.05) is 20.6 Å². The Labute approximate surface area is 108 Å². The Hall–Kier alpha value is -1.30. The molecule has 1 aliphatic rings. The molecule has 3 unspecified atom stereocenters. The molecule has 3 N–H and O–H groups in total. The van der Waals surface area contributed by atoms with Crippen molar-refractivity contribution in [1.82, 2.24) is 15.5 Å². The third-order valence-corrected chi connectivity index (χ3v) is 3.59. The minimum Gasteiger partial charge on any atom is -0.481 e. The molecule has 18 heavy (non-hydrogen) atoms. The molecule has 104 valence electrons. The van der Waals surface area contributed by atoms with Crippen molar-refractivity contribution in [2.24, 2.45) is 5.92 Å². The molecule has 1 aliphatic carbocycles. The van der Waals surface area contributed by atoms with Gasteiger partial charge in [0.05, 0.1) is 5.92 Å². The standard InChI is InChI=1S/C12H23N3O3/c1-8(15(2)3)7-13-12(18)14-10-6-4-5-9(10)11(16)17/h8-10H,4-7H2,1-3H3,(H,16,17)(H2,13,14,18). The first-order valence-corrected chi connectivity index (χ1v) is 6.35. The van der Waals surface area contributed by atoms with Gasteiger partial charge in [0.2, 0.25) is 0 Å². The Morgan fingerprint density at radius 3 is 2.61 bits per heavy atom. The number of carbonyl (C=O) groups excluding carboxylic acids is 1. The monoisotopic (exact) mass is 257 g/mol. The Morgan fingerprint density at radius 1 is 1.39 bits per heavy atom. The predicted molar refractivity (Wildman–Crippen MR) is 68.4 cm³/mol. The molecule has 0 aliphatic heterocycles. The van der Waals surface area contributed by atoms with Crippen molar-refractivity contribution in [3.05, 3.63) is 0 Å². The average molecular weight is 257 g/mol. The van der Waals surface area contributed by atoms with E-state index in [-0.39, 0.29) is 18.1 Å². The lowest BCUT2D eigenvalue weighted by molar-refractivity contribution is -0.142. The lowest BCUT2D eigenvalue weighted by Crippen LogP contribution is -2.48. The minimum absolute atomic E-state index is 0.239. The van der Waals surface area contributed by atoms with Gasteiger partial charge in [0, 0.05) is 18.6 Å². The molecule has 0 aromatic rings. The number of rotatable bonds is 5. The van der Waals surface area contributed by atoms with Crippen LogP contribution in [-0.2, 0) is 4.79 Å². The fourth-order valence-electron chi connectivity index (χ4n) is 2.07. The van der Waals surface area contributed by atoms with Crippen molar-refractivity contribution < 1.29 is 14.7 Å². The molecule has 0 aromatic heterocycles. The maximum absolute atomic E-state index is 11.7. The number of hydrogen-bond acceptors (Lipinski definition) is 3. The average Bonchev–Trinajstić information content (AvgIpc) is 2.73. The van der Waals surface area contributed by atoms with Crippen LogP contribution in [-0.4, -0.2) is 54.7 Å². The quantitative estimate of drug-likeness (QED) is 0.669. The van der Waals surface area contributed by atoms with Gasteiger partial charge in [-0.3, -0.25) is 4.79 Å². The molecular formula is C12H23N3O3. The third-order valence-electron chi connectivity index (χ3n) is 3.59. The first kappa shape index (κ1) is 14.8. The fraction of sp³-hybridized carbons (Fsp3) is 0.833. The van der Waals surface area contributed by atoms with E-state index in [2.05, 4.69) is 10.6 Å². The lowest BCUT2D eigenvalue weighted by atomic mass is 10.0. The summed E-state index contributed by atoms with van der Waals surface area (Å²) in [7, 11) is 3.89. The van der Waals surface area contributed by atoms with Crippen molar-refractivity contribution in [3.63, 3.8) is 0 Å². The predicted octanol–water partition coefficient (Wildman–Crippen LogP) is 0.489. The zero-order valence-electron chi connectivity index (χ0n) is 11.3. The number of carbonyl (C=O) groups is 2. The van der Waals surface area contributed by atoms with E-state index in [1.54, 1.807) is 0 Å². The highest BCUT2D eigenvalue weighted by atomic mass is 16.4. The SMILES string of the molecule is CC(CNC(=O)NC1CCCC1C(=O)O)N(C)C. The molecule has 2 amide bonds. The van der Waals surface area contributed by atoms with E-state index in [0.29, 0.717) is 13.0 Å². The van der Waals surface area contributed by atoms with Crippen molar-refractivity contribution in [2.45, 2.75) is 38.3 Å². The summed E-state index contributed by atoms with van der Waals surface area (Å²) in [6.45, 7) is 2.55. The van der Waals surface area contributed by atoms with Gasteiger partial charge in [-0.05, 0) is 33.9 Å². The highest BCUT2D eigenvalue weighted by molar-refractivity contribution is 5.77. The lowest BCUT2D eigenvalue weighted by Gasteiger charge is -2.22. The number of nitrogens with one attached hydrogen (secondary N) is 2. The van der Waals surface area contributed by atoms with Gasteiger partial charge in [0.15, 0.2) is 0 Å². The second kappa shape index (κ2) is 6.58. The van der Waals surface area contributed by atoms with Crippen LogP contribution < -0.4 is 10.6 Å². The number of hydrogen-bond donors (Lipinski definition) is 3. The van der Waals surface area contributed by atoms with Crippen LogP contribution in [0.5, 0.6) is 0 Å². The molecule has 1 saturated carbocycles. The van der Waals surface area contributed by atoms with Crippen molar-refractivity contribution in [1.29, 1.82) is 0 Å². The van der Waals surface area contributed by atoms with Gasteiger partial charge >= 0.3 is 12.0 Å². The molecule has 0 spiro atoms. The number of carboxylic acid groups (broad SMARTS) is 1. The van der Waals surface area contributed by atoms with Crippen molar-refractivity contribution >= 4 is 12.0 Å². The molecule has 0 aromatic carbocycles. The normalized spacial score (nSPS) is 24.9. The first-order chi connectivity index (χ1) is 8.41. The second-order valence-electron chi connectivity index (χ2n) is 5.15. The summed E-state index contributed by atoms with van der Waals surface area (Å²) in [6, 6.07) is -0.270. The third kappa shape index (κ3) is 4.18. The summed E-state index contributed by atoms with van der Waals surface area (Å²) >= 11 is 0. The number of carboxylic acids is 1. The van der Waals surface area contributed by atoms with Crippen LogP contribution in [0.1, 0.15) is 26.2 Å². The molecule has 0 radical (unpaired) electrons. The number of likely N-dealkylation sites (N-methyl/N-ethyl adjacent to an activating group) is 1.